The number of rotatable bonds is 9. The molecule has 0 fully saturated rings. The predicted molar refractivity (Wildman–Crippen MR) is 139 cm³/mol. The Bertz CT molecular complexity index is 1350. The van der Waals surface area contributed by atoms with E-state index < -0.39 is 0 Å². The SMILES string of the molecule is Cc1ccc(Oc2ccc(Nc3ncnc4ccc(/C=C/CNC(=O)CCN)cc34)cc2C)cn1. The van der Waals surface area contributed by atoms with E-state index in [9.17, 15) is 4.79 Å². The monoisotopic (exact) mass is 468 g/mol. The average molecular weight is 469 g/mol. The summed E-state index contributed by atoms with van der Waals surface area (Å²) < 4.78 is 5.97. The van der Waals surface area contributed by atoms with Crippen LogP contribution in [-0.2, 0) is 4.79 Å². The summed E-state index contributed by atoms with van der Waals surface area (Å²) in [6.45, 7) is 4.72. The Hall–Kier alpha value is -4.30. The van der Waals surface area contributed by atoms with Gasteiger partial charge in [-0.1, -0.05) is 18.2 Å². The van der Waals surface area contributed by atoms with Gasteiger partial charge < -0.3 is 21.1 Å². The van der Waals surface area contributed by atoms with Gasteiger partial charge in [-0.05, 0) is 67.4 Å². The Balaban J connectivity index is 1.49. The molecule has 178 valence electrons. The van der Waals surface area contributed by atoms with E-state index in [-0.39, 0.29) is 5.91 Å². The predicted octanol–water partition coefficient (Wildman–Crippen LogP) is 4.66. The van der Waals surface area contributed by atoms with Crippen LogP contribution in [0.4, 0.5) is 11.5 Å². The van der Waals surface area contributed by atoms with Crippen LogP contribution in [0.5, 0.6) is 11.5 Å². The van der Waals surface area contributed by atoms with E-state index in [0.717, 1.165) is 39.2 Å². The maximum atomic E-state index is 11.5. The van der Waals surface area contributed by atoms with Gasteiger partial charge in [-0.25, -0.2) is 9.97 Å². The van der Waals surface area contributed by atoms with E-state index in [4.69, 9.17) is 10.5 Å². The summed E-state index contributed by atoms with van der Waals surface area (Å²) in [5, 5.41) is 7.10. The van der Waals surface area contributed by atoms with Gasteiger partial charge in [0.25, 0.3) is 0 Å². The molecule has 0 unspecified atom stereocenters. The minimum Gasteiger partial charge on any atom is -0.455 e. The molecule has 8 nitrogen and oxygen atoms in total. The van der Waals surface area contributed by atoms with Gasteiger partial charge in [0.2, 0.25) is 5.91 Å². The van der Waals surface area contributed by atoms with Crippen molar-refractivity contribution in [1.82, 2.24) is 20.3 Å². The minimum atomic E-state index is -0.0576. The van der Waals surface area contributed by atoms with E-state index >= 15 is 0 Å². The highest BCUT2D eigenvalue weighted by molar-refractivity contribution is 5.92. The number of fused-ring (bicyclic) bond motifs is 1. The number of nitrogens with one attached hydrogen (secondary N) is 2. The first kappa shape index (κ1) is 23.8. The van der Waals surface area contributed by atoms with Crippen molar-refractivity contribution in [2.45, 2.75) is 20.3 Å². The number of carbonyl (C=O) groups is 1. The first-order valence-corrected chi connectivity index (χ1v) is 11.4. The zero-order valence-corrected chi connectivity index (χ0v) is 19.8. The number of nitrogens with zero attached hydrogens (tertiary/aromatic N) is 3. The molecule has 0 radical (unpaired) electrons. The molecule has 1 amide bonds. The van der Waals surface area contributed by atoms with Crippen molar-refractivity contribution in [3.05, 3.63) is 84.0 Å². The zero-order valence-electron chi connectivity index (χ0n) is 19.8. The van der Waals surface area contributed by atoms with Crippen LogP contribution in [0.15, 0.2) is 67.1 Å². The number of hydrogen-bond acceptors (Lipinski definition) is 7. The van der Waals surface area contributed by atoms with Gasteiger partial charge >= 0.3 is 0 Å². The van der Waals surface area contributed by atoms with Crippen LogP contribution < -0.4 is 21.1 Å². The molecule has 0 atom stereocenters. The second kappa shape index (κ2) is 11.2. The normalized spacial score (nSPS) is 11.1. The molecule has 0 aliphatic heterocycles. The standard InChI is InChI=1S/C27H28N6O2/c1-18-14-21(7-10-25(18)35-22-8-5-19(2)30-16-22)33-27-23-15-20(6-9-24(23)31-17-32-27)4-3-13-29-26(34)11-12-28/h3-10,14-17H,11-13,28H2,1-2H3,(H,29,34)(H,31,32,33)/b4-3+. The zero-order chi connectivity index (χ0) is 24.6. The average Bonchev–Trinajstić information content (AvgIpc) is 2.85. The Morgan fingerprint density at radius 2 is 1.94 bits per heavy atom. The molecule has 0 saturated carbocycles. The minimum absolute atomic E-state index is 0.0576. The van der Waals surface area contributed by atoms with E-state index in [1.165, 1.54) is 0 Å². The van der Waals surface area contributed by atoms with E-state index in [2.05, 4.69) is 25.6 Å². The van der Waals surface area contributed by atoms with Crippen molar-refractivity contribution in [3.8, 4) is 11.5 Å². The second-order valence-corrected chi connectivity index (χ2v) is 8.09. The number of anilines is 2. The quantitative estimate of drug-likeness (QED) is 0.327. The van der Waals surface area contributed by atoms with Gasteiger partial charge in [0.15, 0.2) is 0 Å². The van der Waals surface area contributed by atoms with Gasteiger partial charge in [0.05, 0.1) is 11.7 Å². The highest BCUT2D eigenvalue weighted by Gasteiger charge is 2.08. The Labute approximate surface area is 204 Å². The highest BCUT2D eigenvalue weighted by Crippen LogP contribution is 2.30. The maximum Gasteiger partial charge on any atom is 0.221 e. The Morgan fingerprint density at radius 3 is 2.71 bits per heavy atom. The van der Waals surface area contributed by atoms with Gasteiger partial charge in [-0.3, -0.25) is 9.78 Å². The third-order valence-corrected chi connectivity index (χ3v) is 5.31. The number of pyridine rings is 1. The molecule has 4 aromatic rings. The summed E-state index contributed by atoms with van der Waals surface area (Å²) in [7, 11) is 0. The fourth-order valence-electron chi connectivity index (χ4n) is 3.48. The topological polar surface area (TPSA) is 115 Å². The smallest absolute Gasteiger partial charge is 0.221 e. The van der Waals surface area contributed by atoms with Crippen molar-refractivity contribution < 1.29 is 9.53 Å². The van der Waals surface area contributed by atoms with Crippen LogP contribution in [0.3, 0.4) is 0 Å². The number of amides is 1. The number of aryl methyl sites for hydroxylation is 2. The van der Waals surface area contributed by atoms with Crippen molar-refractivity contribution in [2.24, 2.45) is 5.73 Å². The third kappa shape index (κ3) is 6.39. The molecular weight excluding hydrogens is 440 g/mol. The molecule has 2 aromatic carbocycles. The molecule has 0 aliphatic rings. The molecule has 0 spiro atoms. The number of carbonyl (C=O) groups excluding carboxylic acids is 1. The molecule has 2 aromatic heterocycles. The van der Waals surface area contributed by atoms with Gasteiger partial charge in [0, 0.05) is 36.3 Å². The van der Waals surface area contributed by atoms with E-state index in [1.54, 1.807) is 12.5 Å². The molecule has 0 aliphatic carbocycles. The van der Waals surface area contributed by atoms with Crippen molar-refractivity contribution in [2.75, 3.05) is 18.4 Å². The maximum absolute atomic E-state index is 11.5. The molecular formula is C27H28N6O2. The first-order chi connectivity index (χ1) is 17.0. The lowest BCUT2D eigenvalue weighted by Gasteiger charge is -2.12. The van der Waals surface area contributed by atoms with Crippen LogP contribution in [0, 0.1) is 13.8 Å². The number of benzene rings is 2. The lowest BCUT2D eigenvalue weighted by atomic mass is 10.1. The molecule has 4 rings (SSSR count). The molecule has 35 heavy (non-hydrogen) atoms. The van der Waals surface area contributed by atoms with Crippen molar-refractivity contribution >= 4 is 34.4 Å². The van der Waals surface area contributed by atoms with Crippen molar-refractivity contribution in [1.29, 1.82) is 0 Å². The summed E-state index contributed by atoms with van der Waals surface area (Å²) in [5.41, 5.74) is 10.0. The molecule has 0 bridgehead atoms. The summed E-state index contributed by atoms with van der Waals surface area (Å²) in [6, 6.07) is 15.7. The van der Waals surface area contributed by atoms with Gasteiger partial charge in [-0.15, -0.1) is 0 Å². The lowest BCUT2D eigenvalue weighted by molar-refractivity contribution is -0.120. The van der Waals surface area contributed by atoms with Crippen LogP contribution in [0.25, 0.3) is 17.0 Å². The van der Waals surface area contributed by atoms with E-state index in [0.29, 0.717) is 31.1 Å². The highest BCUT2D eigenvalue weighted by atomic mass is 16.5. The second-order valence-electron chi connectivity index (χ2n) is 8.09. The van der Waals surface area contributed by atoms with Gasteiger partial charge in [-0.2, -0.15) is 0 Å². The number of ether oxygens (including phenoxy) is 1. The molecule has 2 heterocycles. The summed E-state index contributed by atoms with van der Waals surface area (Å²) in [6.07, 6.45) is 7.44. The number of nitrogens with two attached hydrogens (primary N) is 1. The summed E-state index contributed by atoms with van der Waals surface area (Å²) in [5.74, 6) is 2.11. The van der Waals surface area contributed by atoms with Crippen molar-refractivity contribution in [3.63, 3.8) is 0 Å². The van der Waals surface area contributed by atoms with Crippen LogP contribution >= 0.6 is 0 Å². The third-order valence-electron chi connectivity index (χ3n) is 5.31. The Kier molecular flexibility index (Phi) is 7.64. The lowest BCUT2D eigenvalue weighted by Crippen LogP contribution is -2.25. The number of aromatic nitrogens is 3. The fourth-order valence-corrected chi connectivity index (χ4v) is 3.48. The molecule has 8 heteroatoms. The van der Waals surface area contributed by atoms with Gasteiger partial charge in [0.1, 0.15) is 23.6 Å². The van der Waals surface area contributed by atoms with E-state index in [1.807, 2.05) is 74.5 Å². The first-order valence-electron chi connectivity index (χ1n) is 11.4. The number of hydrogen-bond donors (Lipinski definition) is 3. The van der Waals surface area contributed by atoms with Crippen LogP contribution in [-0.4, -0.2) is 33.9 Å². The fraction of sp³-hybridized carbons (Fsp3) is 0.185. The molecule has 4 N–H and O–H groups in total. The van der Waals surface area contributed by atoms with Crippen LogP contribution in [0.1, 0.15) is 23.2 Å². The Morgan fingerprint density at radius 1 is 1.06 bits per heavy atom. The largest absolute Gasteiger partial charge is 0.455 e. The molecule has 0 saturated heterocycles. The van der Waals surface area contributed by atoms with Crippen LogP contribution in [0.2, 0.25) is 0 Å². The summed E-state index contributed by atoms with van der Waals surface area (Å²) >= 11 is 0. The summed E-state index contributed by atoms with van der Waals surface area (Å²) in [4.78, 5) is 24.6.